The molecule has 2 atom stereocenters. The summed E-state index contributed by atoms with van der Waals surface area (Å²) in [6, 6.07) is 7.05. The third-order valence-corrected chi connectivity index (χ3v) is 4.09. The summed E-state index contributed by atoms with van der Waals surface area (Å²) < 4.78 is 0. The van der Waals surface area contributed by atoms with Gasteiger partial charge in [-0.3, -0.25) is 4.79 Å². The van der Waals surface area contributed by atoms with E-state index in [-0.39, 0.29) is 17.3 Å². The van der Waals surface area contributed by atoms with Crippen molar-refractivity contribution in [3.63, 3.8) is 0 Å². The van der Waals surface area contributed by atoms with Crippen LogP contribution in [0.3, 0.4) is 0 Å². The van der Waals surface area contributed by atoms with Crippen LogP contribution in [0.25, 0.3) is 0 Å². The van der Waals surface area contributed by atoms with E-state index in [1.54, 1.807) is 24.3 Å². The highest BCUT2D eigenvalue weighted by molar-refractivity contribution is 6.31. The fourth-order valence-electron chi connectivity index (χ4n) is 2.31. The lowest BCUT2D eigenvalue weighted by atomic mass is 10.1. The van der Waals surface area contributed by atoms with Crippen LogP contribution < -0.4 is 5.32 Å². The zero-order valence-electron chi connectivity index (χ0n) is 10.2. The second-order valence-electron chi connectivity index (χ2n) is 4.74. The van der Waals surface area contributed by atoms with Crippen LogP contribution in [0.15, 0.2) is 24.3 Å². The maximum absolute atomic E-state index is 12.1. The number of alkyl halides is 1. The molecule has 1 aliphatic carbocycles. The largest absolute Gasteiger partial charge is 0.348 e. The van der Waals surface area contributed by atoms with Gasteiger partial charge in [-0.2, -0.15) is 0 Å². The van der Waals surface area contributed by atoms with Gasteiger partial charge in [0.1, 0.15) is 0 Å². The highest BCUT2D eigenvalue weighted by Crippen LogP contribution is 2.22. The van der Waals surface area contributed by atoms with E-state index in [2.05, 4.69) is 5.32 Å². The second kappa shape index (κ2) is 6.44. The van der Waals surface area contributed by atoms with Crippen LogP contribution in [0.1, 0.15) is 42.5 Å². The normalized spacial score (nSPS) is 24.3. The molecule has 98 valence electrons. The van der Waals surface area contributed by atoms with Crippen molar-refractivity contribution in [3.05, 3.63) is 34.9 Å². The molecule has 1 aliphatic rings. The van der Waals surface area contributed by atoms with Gasteiger partial charge < -0.3 is 5.32 Å². The summed E-state index contributed by atoms with van der Waals surface area (Å²) in [5.74, 6) is -0.0879. The van der Waals surface area contributed by atoms with Gasteiger partial charge in [0.05, 0.1) is 5.38 Å². The Morgan fingerprint density at radius 2 is 2.00 bits per heavy atom. The zero-order valence-corrected chi connectivity index (χ0v) is 11.7. The number of carbonyl (C=O) groups excluding carboxylic acids is 1. The van der Waals surface area contributed by atoms with Crippen molar-refractivity contribution in [3.8, 4) is 0 Å². The fraction of sp³-hybridized carbons (Fsp3) is 0.500. The molecular weight excluding hydrogens is 269 g/mol. The Bertz CT molecular complexity index is 422. The predicted molar refractivity (Wildman–Crippen MR) is 75.4 cm³/mol. The molecule has 4 heteroatoms. The Morgan fingerprint density at radius 3 is 2.78 bits per heavy atom. The van der Waals surface area contributed by atoms with E-state index < -0.39 is 0 Å². The van der Waals surface area contributed by atoms with Crippen molar-refractivity contribution in [2.24, 2.45) is 0 Å². The first-order valence-corrected chi connectivity index (χ1v) is 7.19. The van der Waals surface area contributed by atoms with Gasteiger partial charge in [0, 0.05) is 16.6 Å². The molecule has 18 heavy (non-hydrogen) atoms. The topological polar surface area (TPSA) is 29.1 Å². The van der Waals surface area contributed by atoms with Gasteiger partial charge in [-0.25, -0.2) is 0 Å². The number of halogens is 2. The first-order valence-electron chi connectivity index (χ1n) is 6.37. The lowest BCUT2D eigenvalue weighted by Gasteiger charge is -2.21. The molecule has 1 fully saturated rings. The number of hydrogen-bond donors (Lipinski definition) is 1. The number of amides is 1. The van der Waals surface area contributed by atoms with Crippen LogP contribution in [-0.4, -0.2) is 17.3 Å². The molecule has 2 rings (SSSR count). The summed E-state index contributed by atoms with van der Waals surface area (Å²) in [5, 5.41) is 3.64. The summed E-state index contributed by atoms with van der Waals surface area (Å²) >= 11 is 12.2. The molecule has 0 spiro atoms. The van der Waals surface area contributed by atoms with E-state index in [9.17, 15) is 4.79 Å². The zero-order chi connectivity index (χ0) is 13.0. The minimum absolute atomic E-state index is 0.0376. The third kappa shape index (κ3) is 3.63. The molecule has 1 saturated carbocycles. The van der Waals surface area contributed by atoms with Crippen molar-refractivity contribution in [1.82, 2.24) is 5.32 Å². The molecule has 0 bridgehead atoms. The molecule has 2 nitrogen and oxygen atoms in total. The quantitative estimate of drug-likeness (QED) is 0.646. The summed E-state index contributed by atoms with van der Waals surface area (Å²) in [4.78, 5) is 12.1. The van der Waals surface area contributed by atoms with E-state index in [0.29, 0.717) is 10.6 Å². The van der Waals surface area contributed by atoms with Gasteiger partial charge in [0.15, 0.2) is 0 Å². The molecule has 0 aliphatic heterocycles. The van der Waals surface area contributed by atoms with Gasteiger partial charge in [0.25, 0.3) is 5.91 Å². The number of hydrogen-bond acceptors (Lipinski definition) is 1. The third-order valence-electron chi connectivity index (χ3n) is 3.33. The van der Waals surface area contributed by atoms with Crippen molar-refractivity contribution in [2.45, 2.75) is 43.5 Å². The van der Waals surface area contributed by atoms with Crippen LogP contribution in [0.2, 0.25) is 5.02 Å². The first-order chi connectivity index (χ1) is 8.66. The van der Waals surface area contributed by atoms with Crippen LogP contribution >= 0.6 is 23.2 Å². The van der Waals surface area contributed by atoms with Gasteiger partial charge in [-0.1, -0.05) is 36.9 Å². The first kappa shape index (κ1) is 13.7. The maximum Gasteiger partial charge on any atom is 0.251 e. The smallest absolute Gasteiger partial charge is 0.251 e. The molecule has 0 heterocycles. The lowest BCUT2D eigenvalue weighted by molar-refractivity contribution is 0.0934. The van der Waals surface area contributed by atoms with Crippen LogP contribution in [0.5, 0.6) is 0 Å². The average Bonchev–Trinajstić information content (AvgIpc) is 2.55. The molecule has 1 amide bonds. The number of nitrogens with one attached hydrogen (secondary N) is 1. The fourth-order valence-corrected chi connectivity index (χ4v) is 2.84. The van der Waals surface area contributed by atoms with Crippen molar-refractivity contribution in [2.75, 3.05) is 0 Å². The standard InChI is InChI=1S/C14H17Cl2NO/c15-11-6-4-5-10(9-11)14(18)17-13-8-3-1-2-7-12(13)16/h4-6,9,12-13H,1-3,7-8H2,(H,17,18). The summed E-state index contributed by atoms with van der Waals surface area (Å²) in [6.45, 7) is 0. The SMILES string of the molecule is O=C(NC1CCCCCC1Cl)c1cccc(Cl)c1. The molecule has 0 radical (unpaired) electrons. The summed E-state index contributed by atoms with van der Waals surface area (Å²) in [7, 11) is 0. The number of carbonyl (C=O) groups is 1. The summed E-state index contributed by atoms with van der Waals surface area (Å²) in [5.41, 5.74) is 0.593. The van der Waals surface area contributed by atoms with Gasteiger partial charge in [-0.05, 0) is 31.0 Å². The van der Waals surface area contributed by atoms with Gasteiger partial charge >= 0.3 is 0 Å². The van der Waals surface area contributed by atoms with Crippen LogP contribution in [-0.2, 0) is 0 Å². The van der Waals surface area contributed by atoms with Crippen molar-refractivity contribution in [1.29, 1.82) is 0 Å². The second-order valence-corrected chi connectivity index (χ2v) is 5.74. The van der Waals surface area contributed by atoms with Gasteiger partial charge in [0.2, 0.25) is 0 Å². The highest BCUT2D eigenvalue weighted by Gasteiger charge is 2.23. The minimum atomic E-state index is -0.0879. The predicted octanol–water partition coefficient (Wildman–Crippen LogP) is 4.01. The van der Waals surface area contributed by atoms with E-state index >= 15 is 0 Å². The molecule has 0 aromatic heterocycles. The average molecular weight is 286 g/mol. The molecule has 1 aromatic rings. The minimum Gasteiger partial charge on any atom is -0.348 e. The summed E-state index contributed by atoms with van der Waals surface area (Å²) in [6.07, 6.45) is 5.41. The van der Waals surface area contributed by atoms with Crippen LogP contribution in [0, 0.1) is 0 Å². The highest BCUT2D eigenvalue weighted by atomic mass is 35.5. The van der Waals surface area contributed by atoms with E-state index in [0.717, 1.165) is 25.7 Å². The number of rotatable bonds is 2. The van der Waals surface area contributed by atoms with Crippen molar-refractivity contribution < 1.29 is 4.79 Å². The maximum atomic E-state index is 12.1. The Balaban J connectivity index is 2.01. The van der Waals surface area contributed by atoms with Crippen molar-refractivity contribution >= 4 is 29.1 Å². The molecule has 1 aromatic carbocycles. The lowest BCUT2D eigenvalue weighted by Crippen LogP contribution is -2.40. The van der Waals surface area contributed by atoms with E-state index in [1.165, 1.54) is 6.42 Å². The molecule has 1 N–H and O–H groups in total. The monoisotopic (exact) mass is 285 g/mol. The van der Waals surface area contributed by atoms with E-state index in [1.807, 2.05) is 0 Å². The Kier molecular flexibility index (Phi) is 4.90. The molecular formula is C14H17Cl2NO. The molecule has 2 unspecified atom stereocenters. The van der Waals surface area contributed by atoms with E-state index in [4.69, 9.17) is 23.2 Å². The number of benzene rings is 1. The Morgan fingerprint density at radius 1 is 1.22 bits per heavy atom. The van der Waals surface area contributed by atoms with Crippen LogP contribution in [0.4, 0.5) is 0 Å². The molecule has 0 saturated heterocycles. The Labute approximate surface area is 118 Å². The Hall–Kier alpha value is -0.730. The van der Waals surface area contributed by atoms with Gasteiger partial charge in [-0.15, -0.1) is 11.6 Å².